The minimum atomic E-state index is 0.0625. The summed E-state index contributed by atoms with van der Waals surface area (Å²) in [6.07, 6.45) is 0. The topological polar surface area (TPSA) is 130 Å². The molecule has 2 aromatic heterocycles. The maximum Gasteiger partial charge on any atom is 0.224 e. The summed E-state index contributed by atoms with van der Waals surface area (Å²) < 4.78 is 0. The summed E-state index contributed by atoms with van der Waals surface area (Å²) in [5.74, 6) is 0.589. The van der Waals surface area contributed by atoms with Crippen molar-refractivity contribution >= 4 is 28.7 Å². The van der Waals surface area contributed by atoms with Gasteiger partial charge in [0.1, 0.15) is 5.82 Å². The van der Waals surface area contributed by atoms with E-state index in [1.807, 2.05) is 0 Å². The quantitative estimate of drug-likeness (QED) is 0.510. The van der Waals surface area contributed by atoms with E-state index in [9.17, 15) is 0 Å². The van der Waals surface area contributed by atoms with Gasteiger partial charge in [0.15, 0.2) is 17.0 Å². The minimum Gasteiger partial charge on any atom is -0.382 e. The molecule has 0 saturated heterocycles. The number of nitrogens with two attached hydrogens (primary N) is 3. The SMILES string of the molecule is Cc1nc2c(N)nc(N)nc2nc1N. The molecule has 6 N–H and O–H groups in total. The van der Waals surface area contributed by atoms with Gasteiger partial charge in [-0.1, -0.05) is 0 Å². The number of nitrogen functional groups attached to an aromatic ring is 3. The molecule has 0 radical (unpaired) electrons. The van der Waals surface area contributed by atoms with Crippen molar-refractivity contribution in [3.05, 3.63) is 5.69 Å². The van der Waals surface area contributed by atoms with Crippen LogP contribution in [0.4, 0.5) is 17.6 Å². The fraction of sp³-hybridized carbons (Fsp3) is 0.143. The molecule has 2 rings (SSSR count). The van der Waals surface area contributed by atoms with Crippen LogP contribution in [-0.2, 0) is 0 Å². The molecule has 0 aliphatic rings. The molecule has 0 unspecified atom stereocenters. The van der Waals surface area contributed by atoms with E-state index in [0.29, 0.717) is 22.7 Å². The first kappa shape index (κ1) is 8.42. The summed E-state index contributed by atoms with van der Waals surface area (Å²) in [7, 11) is 0. The summed E-state index contributed by atoms with van der Waals surface area (Å²) in [4.78, 5) is 15.8. The third-order valence-electron chi connectivity index (χ3n) is 1.79. The Kier molecular flexibility index (Phi) is 1.60. The van der Waals surface area contributed by atoms with Gasteiger partial charge >= 0.3 is 0 Å². The van der Waals surface area contributed by atoms with Gasteiger partial charge in [0.2, 0.25) is 5.95 Å². The van der Waals surface area contributed by atoms with E-state index in [1.54, 1.807) is 6.92 Å². The molecule has 0 fully saturated rings. The average Bonchev–Trinajstić information content (AvgIpc) is 2.08. The van der Waals surface area contributed by atoms with Gasteiger partial charge in [0.25, 0.3) is 0 Å². The molecule has 0 aliphatic heterocycles. The molecule has 0 bridgehead atoms. The summed E-state index contributed by atoms with van der Waals surface area (Å²) in [5.41, 5.74) is 17.9. The molecule has 2 heterocycles. The monoisotopic (exact) mass is 191 g/mol. The Morgan fingerprint density at radius 3 is 2.29 bits per heavy atom. The number of aromatic nitrogens is 4. The lowest BCUT2D eigenvalue weighted by Gasteiger charge is -2.03. The molecule has 0 aromatic carbocycles. The van der Waals surface area contributed by atoms with Gasteiger partial charge in [0.05, 0.1) is 5.69 Å². The van der Waals surface area contributed by atoms with Gasteiger partial charge < -0.3 is 17.2 Å². The fourth-order valence-electron chi connectivity index (χ4n) is 1.08. The van der Waals surface area contributed by atoms with Crippen LogP contribution in [0.3, 0.4) is 0 Å². The number of aryl methyl sites for hydroxylation is 1. The van der Waals surface area contributed by atoms with Crippen molar-refractivity contribution < 1.29 is 0 Å². The Balaban J connectivity index is 2.89. The smallest absolute Gasteiger partial charge is 0.224 e. The van der Waals surface area contributed by atoms with E-state index in [4.69, 9.17) is 17.2 Å². The lowest BCUT2D eigenvalue weighted by Crippen LogP contribution is -2.06. The van der Waals surface area contributed by atoms with Crippen LogP contribution in [0.2, 0.25) is 0 Å². The lowest BCUT2D eigenvalue weighted by molar-refractivity contribution is 1.13. The molecule has 0 saturated carbocycles. The predicted molar refractivity (Wildman–Crippen MR) is 53.1 cm³/mol. The van der Waals surface area contributed by atoms with E-state index in [1.165, 1.54) is 0 Å². The number of hydrogen-bond acceptors (Lipinski definition) is 7. The van der Waals surface area contributed by atoms with Crippen LogP contribution < -0.4 is 17.2 Å². The van der Waals surface area contributed by atoms with Crippen LogP contribution in [0, 0.1) is 6.92 Å². The number of rotatable bonds is 0. The van der Waals surface area contributed by atoms with Crippen molar-refractivity contribution in [1.82, 2.24) is 19.9 Å². The van der Waals surface area contributed by atoms with Crippen LogP contribution in [-0.4, -0.2) is 19.9 Å². The Bertz CT molecular complexity index is 507. The van der Waals surface area contributed by atoms with Crippen molar-refractivity contribution in [2.75, 3.05) is 17.2 Å². The molecule has 72 valence electrons. The summed E-state index contributed by atoms with van der Waals surface area (Å²) in [6.45, 7) is 1.73. The second kappa shape index (κ2) is 2.66. The van der Waals surface area contributed by atoms with Crippen molar-refractivity contribution in [1.29, 1.82) is 0 Å². The molecular formula is C7H9N7. The first-order valence-electron chi connectivity index (χ1n) is 3.90. The first-order valence-corrected chi connectivity index (χ1v) is 3.90. The Hall–Kier alpha value is -2.18. The molecule has 0 spiro atoms. The molecule has 2 aromatic rings. The Morgan fingerprint density at radius 1 is 0.857 bits per heavy atom. The number of nitrogens with zero attached hydrogens (tertiary/aromatic N) is 4. The zero-order valence-electron chi connectivity index (χ0n) is 7.52. The van der Waals surface area contributed by atoms with E-state index in [0.717, 1.165) is 0 Å². The van der Waals surface area contributed by atoms with Crippen LogP contribution in [0.1, 0.15) is 5.69 Å². The van der Waals surface area contributed by atoms with E-state index in [2.05, 4.69) is 19.9 Å². The molecule has 0 aliphatic carbocycles. The van der Waals surface area contributed by atoms with E-state index < -0.39 is 0 Å². The van der Waals surface area contributed by atoms with Gasteiger partial charge in [-0.25, -0.2) is 9.97 Å². The lowest BCUT2D eigenvalue weighted by atomic mass is 10.4. The van der Waals surface area contributed by atoms with Crippen LogP contribution in [0.25, 0.3) is 11.2 Å². The third-order valence-corrected chi connectivity index (χ3v) is 1.79. The molecule has 14 heavy (non-hydrogen) atoms. The van der Waals surface area contributed by atoms with Crippen LogP contribution in [0.5, 0.6) is 0 Å². The second-order valence-corrected chi connectivity index (χ2v) is 2.83. The van der Waals surface area contributed by atoms with Gasteiger partial charge in [-0.05, 0) is 6.92 Å². The van der Waals surface area contributed by atoms with E-state index >= 15 is 0 Å². The predicted octanol–water partition coefficient (Wildman–Crippen LogP) is -0.525. The maximum atomic E-state index is 5.60. The standard InChI is InChI=1S/C7H9N7/c1-2-4(8)12-6-3(11-2)5(9)13-7(10)14-6/h1H3,(H6,8,9,10,12,13,14). The highest BCUT2D eigenvalue weighted by molar-refractivity contribution is 5.83. The van der Waals surface area contributed by atoms with Gasteiger partial charge in [-0.15, -0.1) is 0 Å². The largest absolute Gasteiger partial charge is 0.382 e. The first-order chi connectivity index (χ1) is 6.58. The Labute approximate surface area is 79.4 Å². The van der Waals surface area contributed by atoms with Gasteiger partial charge in [0, 0.05) is 0 Å². The molecular weight excluding hydrogens is 182 g/mol. The van der Waals surface area contributed by atoms with Gasteiger partial charge in [-0.3, -0.25) is 0 Å². The number of anilines is 3. The highest BCUT2D eigenvalue weighted by Crippen LogP contribution is 2.17. The molecule has 0 amide bonds. The van der Waals surface area contributed by atoms with E-state index in [-0.39, 0.29) is 11.8 Å². The third kappa shape index (κ3) is 1.15. The van der Waals surface area contributed by atoms with Crippen molar-refractivity contribution in [2.45, 2.75) is 6.92 Å². The van der Waals surface area contributed by atoms with Gasteiger partial charge in [-0.2, -0.15) is 9.97 Å². The summed E-state index contributed by atoms with van der Waals surface area (Å²) in [5, 5.41) is 0. The number of fused-ring (bicyclic) bond motifs is 1. The molecule has 7 heteroatoms. The highest BCUT2D eigenvalue weighted by atomic mass is 15.1. The second-order valence-electron chi connectivity index (χ2n) is 2.83. The number of hydrogen-bond donors (Lipinski definition) is 3. The zero-order valence-corrected chi connectivity index (χ0v) is 7.52. The normalized spacial score (nSPS) is 10.6. The average molecular weight is 191 g/mol. The van der Waals surface area contributed by atoms with Crippen molar-refractivity contribution in [2.24, 2.45) is 0 Å². The van der Waals surface area contributed by atoms with Crippen molar-refractivity contribution in [3.63, 3.8) is 0 Å². The maximum absolute atomic E-state index is 5.60. The minimum absolute atomic E-state index is 0.0625. The zero-order chi connectivity index (χ0) is 10.3. The van der Waals surface area contributed by atoms with Crippen LogP contribution >= 0.6 is 0 Å². The summed E-state index contributed by atoms with van der Waals surface area (Å²) in [6, 6.07) is 0. The molecule has 7 nitrogen and oxygen atoms in total. The van der Waals surface area contributed by atoms with Crippen LogP contribution in [0.15, 0.2) is 0 Å². The van der Waals surface area contributed by atoms with Crippen molar-refractivity contribution in [3.8, 4) is 0 Å². The Morgan fingerprint density at radius 2 is 1.57 bits per heavy atom. The summed E-state index contributed by atoms with van der Waals surface area (Å²) >= 11 is 0. The fourth-order valence-corrected chi connectivity index (χ4v) is 1.08. The molecule has 0 atom stereocenters. The highest BCUT2D eigenvalue weighted by Gasteiger charge is 2.08.